The van der Waals surface area contributed by atoms with Crippen LogP contribution in [0, 0.1) is 11.3 Å². The molecular weight excluding hydrogens is 252 g/mol. The minimum Gasteiger partial charge on any atom is -0.462 e. The molecule has 0 bridgehead atoms. The Morgan fingerprint density at radius 3 is 2.25 bits per heavy atom. The average Bonchev–Trinajstić information content (AvgIpc) is 2.46. The van der Waals surface area contributed by atoms with Gasteiger partial charge in [0.15, 0.2) is 5.57 Å². The van der Waals surface area contributed by atoms with Crippen molar-refractivity contribution in [2.45, 2.75) is 65.2 Å². The standard InChI is InChI=1S/C16H28N2O2/c1-3-5-6-7-8-9-10-11-12-20-16(19)15(13-17)14-18-4-2/h14,18H,3-12H2,1-2H3/b15-14+. The number of ether oxygens (including phenoxy) is 1. The lowest BCUT2D eigenvalue weighted by Crippen LogP contribution is -2.12. The summed E-state index contributed by atoms with van der Waals surface area (Å²) in [4.78, 5) is 11.5. The summed E-state index contributed by atoms with van der Waals surface area (Å²) in [5, 5.41) is 11.6. The highest BCUT2D eigenvalue weighted by Gasteiger charge is 2.09. The zero-order valence-corrected chi connectivity index (χ0v) is 12.9. The summed E-state index contributed by atoms with van der Waals surface area (Å²) in [6.45, 7) is 5.20. The Labute approximate surface area is 123 Å². The molecule has 0 atom stereocenters. The second kappa shape index (κ2) is 13.9. The van der Waals surface area contributed by atoms with Crippen LogP contribution in [0.5, 0.6) is 0 Å². The second-order valence-electron chi connectivity index (χ2n) is 4.84. The van der Waals surface area contributed by atoms with Crippen LogP contribution in [0.15, 0.2) is 11.8 Å². The third-order valence-electron chi connectivity index (χ3n) is 3.02. The summed E-state index contributed by atoms with van der Waals surface area (Å²) in [5.74, 6) is -0.531. The van der Waals surface area contributed by atoms with E-state index in [1.54, 1.807) is 0 Å². The van der Waals surface area contributed by atoms with Crippen molar-refractivity contribution in [2.75, 3.05) is 13.2 Å². The Morgan fingerprint density at radius 2 is 1.70 bits per heavy atom. The van der Waals surface area contributed by atoms with Gasteiger partial charge in [0.05, 0.1) is 6.61 Å². The summed E-state index contributed by atoms with van der Waals surface area (Å²) in [7, 11) is 0. The van der Waals surface area contributed by atoms with Gasteiger partial charge in [0.1, 0.15) is 6.07 Å². The highest BCUT2D eigenvalue weighted by atomic mass is 16.5. The van der Waals surface area contributed by atoms with Crippen LogP contribution in [-0.4, -0.2) is 19.1 Å². The summed E-state index contributed by atoms with van der Waals surface area (Å²) in [5.41, 5.74) is 0.0337. The number of esters is 1. The fourth-order valence-electron chi connectivity index (χ4n) is 1.82. The second-order valence-corrected chi connectivity index (χ2v) is 4.84. The molecule has 0 aliphatic rings. The lowest BCUT2D eigenvalue weighted by atomic mass is 10.1. The number of hydrogen-bond donors (Lipinski definition) is 1. The highest BCUT2D eigenvalue weighted by Crippen LogP contribution is 2.08. The molecule has 1 N–H and O–H groups in total. The lowest BCUT2D eigenvalue weighted by molar-refractivity contribution is -0.138. The number of hydrogen-bond acceptors (Lipinski definition) is 4. The van der Waals surface area contributed by atoms with Gasteiger partial charge in [-0.15, -0.1) is 0 Å². The van der Waals surface area contributed by atoms with E-state index in [1.807, 2.05) is 13.0 Å². The zero-order chi connectivity index (χ0) is 15.1. The Balaban J connectivity index is 3.54. The molecule has 4 nitrogen and oxygen atoms in total. The molecule has 0 heterocycles. The van der Waals surface area contributed by atoms with Crippen LogP contribution >= 0.6 is 0 Å². The van der Waals surface area contributed by atoms with Gasteiger partial charge in [-0.2, -0.15) is 5.26 Å². The van der Waals surface area contributed by atoms with Crippen molar-refractivity contribution in [1.29, 1.82) is 5.26 Å². The molecule has 0 saturated carbocycles. The minimum absolute atomic E-state index is 0.0337. The van der Waals surface area contributed by atoms with E-state index >= 15 is 0 Å². The van der Waals surface area contributed by atoms with Gasteiger partial charge >= 0.3 is 5.97 Å². The quantitative estimate of drug-likeness (QED) is 0.256. The Kier molecular flexibility index (Phi) is 12.9. The zero-order valence-electron chi connectivity index (χ0n) is 12.9. The summed E-state index contributed by atoms with van der Waals surface area (Å²) in [6, 6.07) is 1.84. The van der Waals surface area contributed by atoms with Gasteiger partial charge in [0.25, 0.3) is 0 Å². The van der Waals surface area contributed by atoms with Gasteiger partial charge < -0.3 is 10.1 Å². The van der Waals surface area contributed by atoms with Gasteiger partial charge in [0, 0.05) is 12.7 Å². The molecule has 20 heavy (non-hydrogen) atoms. The number of nitriles is 1. The monoisotopic (exact) mass is 280 g/mol. The van der Waals surface area contributed by atoms with Gasteiger partial charge in [-0.05, 0) is 13.3 Å². The van der Waals surface area contributed by atoms with E-state index in [4.69, 9.17) is 10.00 Å². The van der Waals surface area contributed by atoms with E-state index in [0.717, 1.165) is 12.8 Å². The summed E-state index contributed by atoms with van der Waals surface area (Å²) in [6.07, 6.45) is 11.1. The van der Waals surface area contributed by atoms with E-state index in [9.17, 15) is 4.79 Å². The molecule has 0 fully saturated rings. The van der Waals surface area contributed by atoms with Crippen molar-refractivity contribution in [3.05, 3.63) is 11.8 Å². The van der Waals surface area contributed by atoms with Crippen LogP contribution in [0.25, 0.3) is 0 Å². The van der Waals surface area contributed by atoms with Crippen molar-refractivity contribution < 1.29 is 9.53 Å². The van der Waals surface area contributed by atoms with Gasteiger partial charge in [-0.25, -0.2) is 4.79 Å². The number of nitrogens with zero attached hydrogens (tertiary/aromatic N) is 1. The Hall–Kier alpha value is -1.50. The van der Waals surface area contributed by atoms with Crippen molar-refractivity contribution in [2.24, 2.45) is 0 Å². The Morgan fingerprint density at radius 1 is 1.10 bits per heavy atom. The molecule has 0 saturated heterocycles. The normalized spacial score (nSPS) is 10.9. The largest absolute Gasteiger partial charge is 0.462 e. The molecule has 4 heteroatoms. The molecule has 0 spiro atoms. The maximum absolute atomic E-state index is 11.5. The smallest absolute Gasteiger partial charge is 0.350 e. The van der Waals surface area contributed by atoms with Crippen LogP contribution in [0.4, 0.5) is 0 Å². The molecule has 0 aromatic carbocycles. The number of carbonyl (C=O) groups excluding carboxylic acids is 1. The molecule has 0 aliphatic heterocycles. The first kappa shape index (κ1) is 18.5. The maximum Gasteiger partial charge on any atom is 0.350 e. The number of carbonyl (C=O) groups is 1. The molecular formula is C16H28N2O2. The first-order chi connectivity index (χ1) is 9.76. The third-order valence-corrected chi connectivity index (χ3v) is 3.02. The topological polar surface area (TPSA) is 62.1 Å². The van der Waals surface area contributed by atoms with Crippen LogP contribution < -0.4 is 5.32 Å². The number of unbranched alkanes of at least 4 members (excludes halogenated alkanes) is 7. The van der Waals surface area contributed by atoms with E-state index in [1.165, 1.54) is 44.7 Å². The molecule has 0 aromatic heterocycles. The molecule has 0 aliphatic carbocycles. The molecule has 0 radical (unpaired) electrons. The van der Waals surface area contributed by atoms with Crippen molar-refractivity contribution in [3.63, 3.8) is 0 Å². The average molecular weight is 280 g/mol. The van der Waals surface area contributed by atoms with Crippen molar-refractivity contribution in [3.8, 4) is 6.07 Å². The molecule has 0 aromatic rings. The SMILES string of the molecule is CCCCCCCCCCOC(=O)/C(C#N)=C/NCC. The summed E-state index contributed by atoms with van der Waals surface area (Å²) >= 11 is 0. The predicted octanol–water partition coefficient (Wildman–Crippen LogP) is 3.69. The van der Waals surface area contributed by atoms with E-state index < -0.39 is 5.97 Å². The highest BCUT2D eigenvalue weighted by molar-refractivity contribution is 5.92. The molecule has 114 valence electrons. The molecule has 0 amide bonds. The van der Waals surface area contributed by atoms with Crippen molar-refractivity contribution >= 4 is 5.97 Å². The predicted molar refractivity (Wildman–Crippen MR) is 80.9 cm³/mol. The fourth-order valence-corrected chi connectivity index (χ4v) is 1.82. The maximum atomic E-state index is 11.5. The van der Waals surface area contributed by atoms with Gasteiger partial charge in [0.2, 0.25) is 0 Å². The summed E-state index contributed by atoms with van der Waals surface area (Å²) < 4.78 is 5.07. The first-order valence-electron chi connectivity index (χ1n) is 7.77. The Bertz CT molecular complexity index is 319. The van der Waals surface area contributed by atoms with E-state index in [2.05, 4.69) is 12.2 Å². The molecule has 0 rings (SSSR count). The number of nitrogens with one attached hydrogen (secondary N) is 1. The number of rotatable bonds is 12. The third kappa shape index (κ3) is 10.4. The van der Waals surface area contributed by atoms with Crippen molar-refractivity contribution in [1.82, 2.24) is 5.32 Å². The fraction of sp³-hybridized carbons (Fsp3) is 0.750. The molecule has 0 unspecified atom stereocenters. The minimum atomic E-state index is -0.531. The van der Waals surface area contributed by atoms with Gasteiger partial charge in [-0.3, -0.25) is 0 Å². The van der Waals surface area contributed by atoms with E-state index in [0.29, 0.717) is 13.2 Å². The van der Waals surface area contributed by atoms with Gasteiger partial charge in [-0.1, -0.05) is 51.9 Å². The first-order valence-corrected chi connectivity index (χ1v) is 7.77. The van der Waals surface area contributed by atoms with Crippen LogP contribution in [-0.2, 0) is 9.53 Å². The van der Waals surface area contributed by atoms with Crippen LogP contribution in [0.1, 0.15) is 65.2 Å². The van der Waals surface area contributed by atoms with E-state index in [-0.39, 0.29) is 5.57 Å². The van der Waals surface area contributed by atoms with Crippen LogP contribution in [0.3, 0.4) is 0 Å². The van der Waals surface area contributed by atoms with Crippen LogP contribution in [0.2, 0.25) is 0 Å². The lowest BCUT2D eigenvalue weighted by Gasteiger charge is -2.04.